The molecule has 1 saturated heterocycles. The molecule has 0 bridgehead atoms. The van der Waals surface area contributed by atoms with Gasteiger partial charge in [0, 0.05) is 31.4 Å². The number of rotatable bonds is 4. The van der Waals surface area contributed by atoms with Crippen LogP contribution in [0, 0.1) is 13.8 Å². The zero-order valence-corrected chi connectivity index (χ0v) is 13.1. The number of nitrogen functional groups attached to an aromatic ring is 1. The number of nitrogens with one attached hydrogen (secondary N) is 1. The largest absolute Gasteiger partial charge is 0.396 e. The molecule has 2 aromatic heterocycles. The van der Waals surface area contributed by atoms with E-state index in [1.807, 2.05) is 18.5 Å². The third-order valence-electron chi connectivity index (χ3n) is 4.24. The summed E-state index contributed by atoms with van der Waals surface area (Å²) in [7, 11) is 0. The number of nitrogens with zero attached hydrogens (tertiary/aromatic N) is 3. The molecular weight excluding hydrogens is 282 g/mol. The topological polar surface area (TPSA) is 98.2 Å². The summed E-state index contributed by atoms with van der Waals surface area (Å²) in [4.78, 5) is 8.95. The van der Waals surface area contributed by atoms with Crippen LogP contribution < -0.4 is 11.2 Å². The maximum Gasteiger partial charge on any atom is 0.151 e. The van der Waals surface area contributed by atoms with Crippen molar-refractivity contribution in [3.63, 3.8) is 0 Å². The average molecular weight is 305 g/mol. The van der Waals surface area contributed by atoms with Crippen molar-refractivity contribution < 1.29 is 9.84 Å². The van der Waals surface area contributed by atoms with E-state index in [0.717, 1.165) is 48.7 Å². The number of aliphatic hydroxyl groups excluding tert-OH is 1. The Hall–Kier alpha value is -1.86. The molecule has 2 aromatic rings. The summed E-state index contributed by atoms with van der Waals surface area (Å²) in [5.74, 6) is 1.22. The molecule has 0 unspecified atom stereocenters. The van der Waals surface area contributed by atoms with Crippen LogP contribution in [0.15, 0.2) is 0 Å². The third kappa shape index (κ3) is 2.62. The van der Waals surface area contributed by atoms with Gasteiger partial charge >= 0.3 is 0 Å². The number of anilines is 1. The summed E-state index contributed by atoms with van der Waals surface area (Å²) in [6.45, 7) is 5.55. The first-order valence-corrected chi connectivity index (χ1v) is 7.71. The summed E-state index contributed by atoms with van der Waals surface area (Å²) in [6, 6.07) is 0.331. The Bertz CT molecular complexity index is 676. The van der Waals surface area contributed by atoms with Gasteiger partial charge in [0.25, 0.3) is 0 Å². The second kappa shape index (κ2) is 6.10. The van der Waals surface area contributed by atoms with Gasteiger partial charge in [-0.25, -0.2) is 14.6 Å². The van der Waals surface area contributed by atoms with Crippen LogP contribution in [-0.2, 0) is 11.2 Å². The lowest BCUT2D eigenvalue weighted by atomic mass is 10.1. The van der Waals surface area contributed by atoms with E-state index in [-0.39, 0.29) is 6.61 Å². The predicted molar refractivity (Wildman–Crippen MR) is 85.4 cm³/mol. The van der Waals surface area contributed by atoms with Gasteiger partial charge in [0.1, 0.15) is 11.3 Å². The highest BCUT2D eigenvalue weighted by molar-refractivity contribution is 5.88. The van der Waals surface area contributed by atoms with Gasteiger partial charge in [-0.05, 0) is 32.3 Å². The molecule has 0 saturated carbocycles. The van der Waals surface area contributed by atoms with E-state index in [1.165, 1.54) is 0 Å². The number of nitrogens with two attached hydrogens (primary N) is 1. The lowest BCUT2D eigenvalue weighted by molar-refractivity contribution is 0.0880. The van der Waals surface area contributed by atoms with Gasteiger partial charge in [0.15, 0.2) is 5.82 Å². The second-order valence-electron chi connectivity index (χ2n) is 5.76. The molecule has 4 N–H and O–H groups in total. The average Bonchev–Trinajstić information content (AvgIpc) is 2.86. The molecule has 0 amide bonds. The Morgan fingerprint density at radius 2 is 2.05 bits per heavy atom. The highest BCUT2D eigenvalue weighted by atomic mass is 16.5. The molecule has 3 heterocycles. The predicted octanol–water partition coefficient (Wildman–Crippen LogP) is 0.888. The zero-order chi connectivity index (χ0) is 15.7. The number of pyridine rings is 1. The molecule has 1 fully saturated rings. The van der Waals surface area contributed by atoms with Crippen LogP contribution in [0.2, 0.25) is 0 Å². The second-order valence-corrected chi connectivity index (χ2v) is 5.76. The summed E-state index contributed by atoms with van der Waals surface area (Å²) in [5.41, 5.74) is 13.2. The fourth-order valence-electron chi connectivity index (χ4n) is 2.90. The smallest absolute Gasteiger partial charge is 0.151 e. The maximum absolute atomic E-state index is 9.32. The summed E-state index contributed by atoms with van der Waals surface area (Å²) in [5, 5.41) is 9.32. The quantitative estimate of drug-likeness (QED) is 0.776. The van der Waals surface area contributed by atoms with E-state index < -0.39 is 0 Å². The number of fused-ring (bicyclic) bond motifs is 1. The Labute approximate surface area is 129 Å². The molecule has 0 atom stereocenters. The summed E-state index contributed by atoms with van der Waals surface area (Å²) >= 11 is 0. The molecule has 7 heteroatoms. The molecule has 0 aromatic carbocycles. The van der Waals surface area contributed by atoms with Crippen molar-refractivity contribution in [3.05, 3.63) is 17.1 Å². The van der Waals surface area contributed by atoms with Crippen molar-refractivity contribution in [1.29, 1.82) is 0 Å². The molecule has 3 rings (SSSR count). The molecule has 0 aliphatic carbocycles. The minimum Gasteiger partial charge on any atom is -0.396 e. The van der Waals surface area contributed by atoms with E-state index in [4.69, 9.17) is 10.5 Å². The molecule has 22 heavy (non-hydrogen) atoms. The minimum absolute atomic E-state index is 0.0458. The number of aromatic nitrogens is 3. The van der Waals surface area contributed by atoms with Crippen molar-refractivity contribution in [2.45, 2.75) is 39.2 Å². The summed E-state index contributed by atoms with van der Waals surface area (Å²) in [6.07, 6.45) is 2.39. The van der Waals surface area contributed by atoms with E-state index in [9.17, 15) is 5.11 Å². The lowest BCUT2D eigenvalue weighted by Crippen LogP contribution is -2.34. The normalized spacial score (nSPS) is 16.3. The highest BCUT2D eigenvalue weighted by Crippen LogP contribution is 2.26. The monoisotopic (exact) mass is 305 g/mol. The van der Waals surface area contributed by atoms with E-state index >= 15 is 0 Å². The minimum atomic E-state index is 0.0458. The van der Waals surface area contributed by atoms with E-state index in [2.05, 4.69) is 15.4 Å². The molecule has 1 aliphatic heterocycles. The Kier molecular flexibility index (Phi) is 4.17. The molecule has 0 radical (unpaired) electrons. The first-order chi connectivity index (χ1) is 10.6. The van der Waals surface area contributed by atoms with Crippen LogP contribution in [0.1, 0.15) is 29.9 Å². The van der Waals surface area contributed by atoms with Gasteiger partial charge in [-0.3, -0.25) is 0 Å². The molecule has 0 spiro atoms. The van der Waals surface area contributed by atoms with Gasteiger partial charge in [0.2, 0.25) is 0 Å². The zero-order valence-electron chi connectivity index (χ0n) is 13.1. The standard InChI is InChI=1S/C15H23N5O2/c1-9-10(2)17-15(16)13-14(9)20(12(18-13)3-6-21)19-11-4-7-22-8-5-11/h11,19,21H,3-8H2,1-2H3,(H2,16,17). The molecular formula is C15H23N5O2. The first kappa shape index (κ1) is 15.1. The van der Waals surface area contributed by atoms with Crippen molar-refractivity contribution in [2.24, 2.45) is 0 Å². The van der Waals surface area contributed by atoms with Gasteiger partial charge in [-0.2, -0.15) is 0 Å². The van der Waals surface area contributed by atoms with Crippen molar-refractivity contribution in [3.8, 4) is 0 Å². The number of aliphatic hydroxyl groups is 1. The van der Waals surface area contributed by atoms with Crippen LogP contribution in [0.3, 0.4) is 0 Å². The van der Waals surface area contributed by atoms with E-state index in [0.29, 0.717) is 23.8 Å². The fraction of sp³-hybridized carbons (Fsp3) is 0.600. The number of hydrogen-bond donors (Lipinski definition) is 3. The Balaban J connectivity index is 2.09. The van der Waals surface area contributed by atoms with Crippen molar-refractivity contribution >= 4 is 16.9 Å². The number of ether oxygens (including phenoxy) is 1. The fourth-order valence-corrected chi connectivity index (χ4v) is 2.90. The van der Waals surface area contributed by atoms with Gasteiger partial charge in [-0.15, -0.1) is 0 Å². The summed E-state index contributed by atoms with van der Waals surface area (Å²) < 4.78 is 7.40. The molecule has 120 valence electrons. The van der Waals surface area contributed by atoms with Crippen LogP contribution in [0.25, 0.3) is 11.0 Å². The van der Waals surface area contributed by atoms with Crippen molar-refractivity contribution in [2.75, 3.05) is 31.0 Å². The maximum atomic E-state index is 9.32. The lowest BCUT2D eigenvalue weighted by Gasteiger charge is -2.26. The molecule has 7 nitrogen and oxygen atoms in total. The Morgan fingerprint density at radius 3 is 2.73 bits per heavy atom. The molecule has 1 aliphatic rings. The van der Waals surface area contributed by atoms with Gasteiger partial charge in [-0.1, -0.05) is 0 Å². The van der Waals surface area contributed by atoms with E-state index in [1.54, 1.807) is 0 Å². The number of hydrogen-bond acceptors (Lipinski definition) is 6. The third-order valence-corrected chi connectivity index (χ3v) is 4.24. The van der Waals surface area contributed by atoms with Gasteiger partial charge < -0.3 is 21.0 Å². The van der Waals surface area contributed by atoms with Crippen LogP contribution in [-0.4, -0.2) is 45.6 Å². The first-order valence-electron chi connectivity index (χ1n) is 7.71. The SMILES string of the molecule is Cc1nc(N)c2nc(CCO)n(NC3CCOCC3)c2c1C. The van der Waals surface area contributed by atoms with Gasteiger partial charge in [0.05, 0.1) is 12.1 Å². The Morgan fingerprint density at radius 1 is 1.32 bits per heavy atom. The van der Waals surface area contributed by atoms with Crippen LogP contribution in [0.5, 0.6) is 0 Å². The van der Waals surface area contributed by atoms with Crippen LogP contribution in [0.4, 0.5) is 5.82 Å². The number of aryl methyl sites for hydroxylation is 2. The number of imidazole rings is 1. The van der Waals surface area contributed by atoms with Crippen LogP contribution >= 0.6 is 0 Å². The highest BCUT2D eigenvalue weighted by Gasteiger charge is 2.20. The van der Waals surface area contributed by atoms with Crippen molar-refractivity contribution in [1.82, 2.24) is 14.6 Å².